The van der Waals surface area contributed by atoms with E-state index in [1.54, 1.807) is 31.2 Å². The number of halogens is 2. The van der Waals surface area contributed by atoms with Gasteiger partial charge in [0.25, 0.3) is 0 Å². The maximum atomic E-state index is 13.7. The number of hydrogen-bond donors (Lipinski definition) is 1. The lowest BCUT2D eigenvalue weighted by molar-refractivity contribution is -0.140. The molecule has 2 aromatic rings. The Morgan fingerprint density at radius 2 is 1.75 bits per heavy atom. The second-order valence-corrected chi connectivity index (χ2v) is 11.1. The predicted molar refractivity (Wildman–Crippen MR) is 144 cm³/mol. The summed E-state index contributed by atoms with van der Waals surface area (Å²) < 4.78 is 31.6. The number of carbonyl (C=O) groups excluding carboxylic acids is 2. The van der Waals surface area contributed by atoms with Crippen molar-refractivity contribution in [3.8, 4) is 5.75 Å². The summed E-state index contributed by atoms with van der Waals surface area (Å²) in [4.78, 5) is 28.3. The molecule has 2 atom stereocenters. The SMILES string of the molecule is CC[C@@H](C)NC(=O)[C@H](CC)N(Cc1cccc(OC)c1)C(=O)CN(c1cccc(Cl)c1Cl)S(C)(=O)=O. The number of ether oxygens (including phenoxy) is 1. The van der Waals surface area contributed by atoms with Crippen molar-refractivity contribution in [2.24, 2.45) is 0 Å². The molecule has 198 valence electrons. The molecule has 1 N–H and O–H groups in total. The van der Waals surface area contributed by atoms with E-state index in [1.807, 2.05) is 19.9 Å². The molecule has 0 aromatic heterocycles. The van der Waals surface area contributed by atoms with Crippen LogP contribution in [0.4, 0.5) is 5.69 Å². The Kier molecular flexibility index (Phi) is 10.9. The number of rotatable bonds is 12. The normalized spacial score (nSPS) is 13.0. The van der Waals surface area contributed by atoms with Gasteiger partial charge in [-0.1, -0.05) is 55.2 Å². The average molecular weight is 559 g/mol. The molecule has 0 heterocycles. The van der Waals surface area contributed by atoms with Crippen LogP contribution in [0.15, 0.2) is 42.5 Å². The molecule has 0 fully saturated rings. The first-order chi connectivity index (χ1) is 16.9. The van der Waals surface area contributed by atoms with Gasteiger partial charge in [-0.3, -0.25) is 13.9 Å². The van der Waals surface area contributed by atoms with Crippen molar-refractivity contribution < 1.29 is 22.7 Å². The van der Waals surface area contributed by atoms with Gasteiger partial charge in [0, 0.05) is 12.6 Å². The van der Waals surface area contributed by atoms with Crippen LogP contribution in [-0.2, 0) is 26.2 Å². The number of hydrogen-bond acceptors (Lipinski definition) is 5. The third kappa shape index (κ3) is 7.75. The Labute approximate surface area is 223 Å². The summed E-state index contributed by atoms with van der Waals surface area (Å²) in [6.07, 6.45) is 2.03. The molecule has 2 aromatic carbocycles. The van der Waals surface area contributed by atoms with Crippen LogP contribution in [0.2, 0.25) is 10.0 Å². The molecule has 8 nitrogen and oxygen atoms in total. The van der Waals surface area contributed by atoms with Crippen LogP contribution in [0.25, 0.3) is 0 Å². The molecular formula is C25H33Cl2N3O5S. The summed E-state index contributed by atoms with van der Waals surface area (Å²) >= 11 is 12.4. The third-order valence-electron chi connectivity index (χ3n) is 5.75. The van der Waals surface area contributed by atoms with Crippen molar-refractivity contribution >= 4 is 50.7 Å². The standard InChI is InChI=1S/C25H33Cl2N3O5S/c1-6-17(3)28-25(32)21(7-2)29(15-18-10-8-11-19(14-18)35-4)23(31)16-30(36(5,33)34)22-13-9-12-20(26)24(22)27/h8-14,17,21H,6-7,15-16H2,1-5H3,(H,28,32)/t17-,21+/m1/s1. The summed E-state index contributed by atoms with van der Waals surface area (Å²) in [5.41, 5.74) is 0.808. The minimum atomic E-state index is -3.92. The molecule has 0 aliphatic carbocycles. The summed E-state index contributed by atoms with van der Waals surface area (Å²) in [7, 11) is -2.39. The van der Waals surface area contributed by atoms with E-state index >= 15 is 0 Å². The van der Waals surface area contributed by atoms with Gasteiger partial charge in [0.15, 0.2) is 0 Å². The van der Waals surface area contributed by atoms with Gasteiger partial charge in [0.1, 0.15) is 18.3 Å². The Balaban J connectivity index is 2.50. The Hall–Kier alpha value is -2.49. The van der Waals surface area contributed by atoms with Crippen LogP contribution in [0.3, 0.4) is 0 Å². The van der Waals surface area contributed by atoms with Gasteiger partial charge in [-0.25, -0.2) is 8.42 Å². The van der Waals surface area contributed by atoms with E-state index in [4.69, 9.17) is 27.9 Å². The fourth-order valence-corrected chi connectivity index (χ4v) is 4.91. The van der Waals surface area contributed by atoms with Gasteiger partial charge in [0.05, 0.1) is 29.1 Å². The minimum absolute atomic E-state index is 0.0123. The van der Waals surface area contributed by atoms with Crippen LogP contribution in [0, 0.1) is 0 Å². The van der Waals surface area contributed by atoms with Crippen LogP contribution in [0.5, 0.6) is 5.75 Å². The Morgan fingerprint density at radius 1 is 1.08 bits per heavy atom. The molecule has 0 saturated carbocycles. The van der Waals surface area contributed by atoms with E-state index in [2.05, 4.69) is 5.32 Å². The van der Waals surface area contributed by atoms with Gasteiger partial charge in [-0.2, -0.15) is 0 Å². The fraction of sp³-hybridized carbons (Fsp3) is 0.440. The zero-order valence-electron chi connectivity index (χ0n) is 21.1. The number of amides is 2. The largest absolute Gasteiger partial charge is 0.497 e. The molecule has 0 radical (unpaired) electrons. The smallest absolute Gasteiger partial charge is 0.244 e. The van der Waals surface area contributed by atoms with Gasteiger partial charge >= 0.3 is 0 Å². The first kappa shape index (κ1) is 29.7. The molecule has 0 spiro atoms. The van der Waals surface area contributed by atoms with E-state index in [1.165, 1.54) is 24.1 Å². The van der Waals surface area contributed by atoms with Crippen LogP contribution in [-0.4, -0.2) is 57.1 Å². The first-order valence-corrected chi connectivity index (χ1v) is 14.2. The maximum Gasteiger partial charge on any atom is 0.244 e. The van der Waals surface area contributed by atoms with Gasteiger partial charge in [-0.15, -0.1) is 0 Å². The summed E-state index contributed by atoms with van der Waals surface area (Å²) in [6, 6.07) is 10.8. The number of benzene rings is 2. The van der Waals surface area contributed by atoms with Crippen molar-refractivity contribution in [1.29, 1.82) is 0 Å². The van der Waals surface area contributed by atoms with Crippen molar-refractivity contribution in [1.82, 2.24) is 10.2 Å². The first-order valence-electron chi connectivity index (χ1n) is 11.6. The quantitative estimate of drug-likeness (QED) is 0.414. The van der Waals surface area contributed by atoms with Crippen LogP contribution >= 0.6 is 23.2 Å². The van der Waals surface area contributed by atoms with E-state index in [0.29, 0.717) is 12.2 Å². The zero-order chi connectivity index (χ0) is 27.0. The lowest BCUT2D eigenvalue weighted by atomic mass is 10.1. The number of nitrogens with one attached hydrogen (secondary N) is 1. The highest BCUT2D eigenvalue weighted by atomic mass is 35.5. The van der Waals surface area contributed by atoms with Gasteiger partial charge in [-0.05, 0) is 49.6 Å². The molecule has 0 bridgehead atoms. The highest BCUT2D eigenvalue weighted by Crippen LogP contribution is 2.33. The molecular weight excluding hydrogens is 525 g/mol. The number of sulfonamides is 1. The molecule has 0 unspecified atom stereocenters. The highest BCUT2D eigenvalue weighted by molar-refractivity contribution is 7.92. The van der Waals surface area contributed by atoms with E-state index < -0.39 is 28.5 Å². The minimum Gasteiger partial charge on any atom is -0.497 e. The number of methoxy groups -OCH3 is 1. The van der Waals surface area contributed by atoms with Gasteiger partial charge < -0.3 is 15.0 Å². The second-order valence-electron chi connectivity index (χ2n) is 8.46. The molecule has 0 aliphatic rings. The maximum absolute atomic E-state index is 13.7. The molecule has 2 amide bonds. The lowest BCUT2D eigenvalue weighted by Gasteiger charge is -2.33. The molecule has 2 rings (SSSR count). The summed E-state index contributed by atoms with van der Waals surface area (Å²) in [6.45, 7) is 5.14. The van der Waals surface area contributed by atoms with Crippen LogP contribution < -0.4 is 14.4 Å². The number of nitrogens with zero attached hydrogens (tertiary/aromatic N) is 2. The average Bonchev–Trinajstić information content (AvgIpc) is 2.83. The molecule has 11 heteroatoms. The lowest BCUT2D eigenvalue weighted by Crippen LogP contribution is -2.53. The number of carbonyl (C=O) groups is 2. The Morgan fingerprint density at radius 3 is 2.33 bits per heavy atom. The van der Waals surface area contributed by atoms with Gasteiger partial charge in [0.2, 0.25) is 21.8 Å². The van der Waals surface area contributed by atoms with Crippen molar-refractivity contribution in [3.63, 3.8) is 0 Å². The van der Waals surface area contributed by atoms with Crippen LogP contribution in [0.1, 0.15) is 39.2 Å². The fourth-order valence-electron chi connectivity index (χ4n) is 3.61. The monoisotopic (exact) mass is 557 g/mol. The molecule has 0 aliphatic heterocycles. The third-order valence-corrected chi connectivity index (χ3v) is 7.69. The van der Waals surface area contributed by atoms with Crippen molar-refractivity contribution in [3.05, 3.63) is 58.1 Å². The van der Waals surface area contributed by atoms with E-state index in [-0.39, 0.29) is 34.2 Å². The van der Waals surface area contributed by atoms with E-state index in [0.717, 1.165) is 22.5 Å². The summed E-state index contributed by atoms with van der Waals surface area (Å²) in [5.74, 6) is -0.277. The van der Waals surface area contributed by atoms with E-state index in [9.17, 15) is 18.0 Å². The Bertz CT molecular complexity index is 1180. The molecule has 0 saturated heterocycles. The highest BCUT2D eigenvalue weighted by Gasteiger charge is 2.32. The molecule has 36 heavy (non-hydrogen) atoms. The number of anilines is 1. The second kappa shape index (κ2) is 13.2. The topological polar surface area (TPSA) is 96.0 Å². The van der Waals surface area contributed by atoms with Crippen molar-refractivity contribution in [2.75, 3.05) is 24.2 Å². The predicted octanol–water partition coefficient (Wildman–Crippen LogP) is 4.49. The van der Waals surface area contributed by atoms with Crippen molar-refractivity contribution in [2.45, 2.75) is 52.2 Å². The summed E-state index contributed by atoms with van der Waals surface area (Å²) in [5, 5.41) is 3.10. The zero-order valence-corrected chi connectivity index (χ0v) is 23.5.